The minimum absolute atomic E-state index is 0.327. The van der Waals surface area contributed by atoms with Crippen LogP contribution < -0.4 is 4.18 Å². The molecule has 0 radical (unpaired) electrons. The summed E-state index contributed by atoms with van der Waals surface area (Å²) in [5.74, 6) is 0.120. The molecule has 1 aromatic rings. The Morgan fingerprint density at radius 1 is 1.12 bits per heavy atom. The smallest absolute Gasteiger partial charge is 0.376 e. The third-order valence-electron chi connectivity index (χ3n) is 2.42. The molecular formula is C10H9F3O3S. The van der Waals surface area contributed by atoms with Crippen LogP contribution in [0.5, 0.6) is 5.75 Å². The van der Waals surface area contributed by atoms with Crippen LogP contribution in [0.3, 0.4) is 0 Å². The summed E-state index contributed by atoms with van der Waals surface area (Å²) in [5, 5.41) is 0. The molecule has 7 heteroatoms. The lowest BCUT2D eigenvalue weighted by Gasteiger charge is -2.09. The standard InChI is InChI=1S/C10H9F3O3S/c11-10(12,13)17(14,15)16-9-5-3-8(4-6-9)7-1-2-7/h3-7H,1-2H2. The summed E-state index contributed by atoms with van der Waals surface area (Å²) >= 11 is 0. The minimum Gasteiger partial charge on any atom is -0.376 e. The molecule has 0 N–H and O–H groups in total. The summed E-state index contributed by atoms with van der Waals surface area (Å²) in [4.78, 5) is 0. The van der Waals surface area contributed by atoms with Crippen LogP contribution in [0.25, 0.3) is 0 Å². The van der Waals surface area contributed by atoms with Crippen LogP contribution in [-0.4, -0.2) is 13.9 Å². The number of hydrogen-bond acceptors (Lipinski definition) is 3. The normalized spacial score (nSPS) is 16.9. The van der Waals surface area contributed by atoms with E-state index in [1.54, 1.807) is 12.1 Å². The highest BCUT2D eigenvalue weighted by Gasteiger charge is 2.48. The van der Waals surface area contributed by atoms with Crippen LogP contribution in [0, 0.1) is 0 Å². The molecule has 1 aliphatic carbocycles. The summed E-state index contributed by atoms with van der Waals surface area (Å²) in [6, 6.07) is 5.63. The van der Waals surface area contributed by atoms with Crippen molar-refractivity contribution in [2.45, 2.75) is 24.3 Å². The van der Waals surface area contributed by atoms with Crippen LogP contribution in [-0.2, 0) is 10.1 Å². The minimum atomic E-state index is -5.57. The van der Waals surface area contributed by atoms with Gasteiger partial charge in [-0.25, -0.2) is 0 Å². The van der Waals surface area contributed by atoms with E-state index in [-0.39, 0.29) is 5.75 Å². The summed E-state index contributed by atoms with van der Waals surface area (Å²) < 4.78 is 61.5. The van der Waals surface area contributed by atoms with Crippen LogP contribution in [0.15, 0.2) is 24.3 Å². The molecule has 0 spiro atoms. The molecule has 3 nitrogen and oxygen atoms in total. The second-order valence-electron chi connectivity index (χ2n) is 3.83. The van der Waals surface area contributed by atoms with Crippen LogP contribution in [0.2, 0.25) is 0 Å². The number of benzene rings is 1. The van der Waals surface area contributed by atoms with Gasteiger partial charge in [-0.1, -0.05) is 12.1 Å². The lowest BCUT2D eigenvalue weighted by Crippen LogP contribution is -2.28. The predicted octanol–water partition coefficient (Wildman–Crippen LogP) is 2.79. The van der Waals surface area contributed by atoms with E-state index in [0.29, 0.717) is 5.92 Å². The van der Waals surface area contributed by atoms with Gasteiger partial charge < -0.3 is 4.18 Å². The first kappa shape index (κ1) is 12.2. The lowest BCUT2D eigenvalue weighted by molar-refractivity contribution is -0.0500. The van der Waals surface area contributed by atoms with E-state index in [1.807, 2.05) is 0 Å². The third-order valence-corrected chi connectivity index (χ3v) is 3.40. The maximum absolute atomic E-state index is 12.0. The van der Waals surface area contributed by atoms with Crippen molar-refractivity contribution >= 4 is 10.1 Å². The average Bonchev–Trinajstić information content (AvgIpc) is 3.00. The van der Waals surface area contributed by atoms with E-state index in [1.165, 1.54) is 12.1 Å². The highest BCUT2D eigenvalue weighted by Crippen LogP contribution is 2.40. The van der Waals surface area contributed by atoms with E-state index in [4.69, 9.17) is 0 Å². The van der Waals surface area contributed by atoms with Crippen molar-refractivity contribution in [2.75, 3.05) is 0 Å². The highest BCUT2D eigenvalue weighted by molar-refractivity contribution is 7.87. The van der Waals surface area contributed by atoms with Crippen molar-refractivity contribution in [2.24, 2.45) is 0 Å². The van der Waals surface area contributed by atoms with Gasteiger partial charge in [0, 0.05) is 0 Å². The van der Waals surface area contributed by atoms with Gasteiger partial charge >= 0.3 is 15.6 Å². The zero-order valence-corrected chi connectivity index (χ0v) is 9.38. The quantitative estimate of drug-likeness (QED) is 0.624. The molecule has 2 rings (SSSR count). The van der Waals surface area contributed by atoms with Gasteiger partial charge in [-0.15, -0.1) is 0 Å². The van der Waals surface area contributed by atoms with Crippen LogP contribution >= 0.6 is 0 Å². The predicted molar refractivity (Wildman–Crippen MR) is 54.0 cm³/mol. The second-order valence-corrected chi connectivity index (χ2v) is 5.36. The first-order valence-electron chi connectivity index (χ1n) is 4.90. The Bertz CT molecular complexity index is 501. The Hall–Kier alpha value is -1.24. The maximum atomic E-state index is 12.0. The molecule has 94 valence electrons. The van der Waals surface area contributed by atoms with Gasteiger partial charge in [0.05, 0.1) is 0 Å². The number of halogens is 3. The average molecular weight is 266 g/mol. The molecule has 0 atom stereocenters. The zero-order valence-electron chi connectivity index (χ0n) is 8.57. The van der Waals surface area contributed by atoms with Crippen molar-refractivity contribution in [3.8, 4) is 5.75 Å². The molecule has 17 heavy (non-hydrogen) atoms. The summed E-state index contributed by atoms with van der Waals surface area (Å²) in [6.07, 6.45) is 2.11. The van der Waals surface area contributed by atoms with Gasteiger partial charge in [-0.05, 0) is 36.5 Å². The topological polar surface area (TPSA) is 43.4 Å². The Labute approximate surface area is 96.3 Å². The SMILES string of the molecule is O=S(=O)(Oc1ccc(C2CC2)cc1)C(F)(F)F. The molecule has 0 bridgehead atoms. The number of alkyl halides is 3. The van der Waals surface area contributed by atoms with Crippen molar-refractivity contribution in [1.82, 2.24) is 0 Å². The number of rotatable bonds is 3. The highest BCUT2D eigenvalue weighted by atomic mass is 32.2. The van der Waals surface area contributed by atoms with Gasteiger partial charge in [0.1, 0.15) is 5.75 Å². The molecule has 1 aromatic carbocycles. The van der Waals surface area contributed by atoms with Crippen molar-refractivity contribution in [1.29, 1.82) is 0 Å². The van der Waals surface area contributed by atoms with Gasteiger partial charge in [-0.3, -0.25) is 0 Å². The first-order valence-corrected chi connectivity index (χ1v) is 6.31. The van der Waals surface area contributed by atoms with E-state index in [2.05, 4.69) is 4.18 Å². The summed E-state index contributed by atoms with van der Waals surface area (Å²) in [7, 11) is -5.57. The summed E-state index contributed by atoms with van der Waals surface area (Å²) in [5.41, 5.74) is -4.41. The van der Waals surface area contributed by atoms with E-state index >= 15 is 0 Å². The molecular weight excluding hydrogens is 257 g/mol. The van der Waals surface area contributed by atoms with E-state index in [9.17, 15) is 21.6 Å². The van der Waals surface area contributed by atoms with Crippen molar-refractivity contribution in [3.05, 3.63) is 29.8 Å². The van der Waals surface area contributed by atoms with Crippen LogP contribution in [0.1, 0.15) is 24.3 Å². The molecule has 0 aromatic heterocycles. The Morgan fingerprint density at radius 2 is 1.65 bits per heavy atom. The van der Waals surface area contributed by atoms with Gasteiger partial charge in [0.2, 0.25) is 0 Å². The Morgan fingerprint density at radius 3 is 2.06 bits per heavy atom. The number of hydrogen-bond donors (Lipinski definition) is 0. The monoisotopic (exact) mass is 266 g/mol. The molecule has 0 saturated heterocycles. The maximum Gasteiger partial charge on any atom is 0.534 e. The Balaban J connectivity index is 2.14. The van der Waals surface area contributed by atoms with Crippen LogP contribution in [0.4, 0.5) is 13.2 Å². The molecule has 1 aliphatic rings. The molecule has 0 aliphatic heterocycles. The first-order chi connectivity index (χ1) is 7.79. The fourth-order valence-corrected chi connectivity index (χ4v) is 1.85. The van der Waals surface area contributed by atoms with Crippen molar-refractivity contribution in [3.63, 3.8) is 0 Å². The third kappa shape index (κ3) is 2.71. The van der Waals surface area contributed by atoms with Gasteiger partial charge in [-0.2, -0.15) is 21.6 Å². The lowest BCUT2D eigenvalue weighted by atomic mass is 10.1. The largest absolute Gasteiger partial charge is 0.534 e. The molecule has 0 heterocycles. The van der Waals surface area contributed by atoms with E-state index < -0.39 is 15.6 Å². The molecule has 0 unspecified atom stereocenters. The summed E-state index contributed by atoms with van der Waals surface area (Å²) in [6.45, 7) is 0. The van der Waals surface area contributed by atoms with Crippen molar-refractivity contribution < 1.29 is 25.8 Å². The fourth-order valence-electron chi connectivity index (χ4n) is 1.39. The van der Waals surface area contributed by atoms with E-state index in [0.717, 1.165) is 18.4 Å². The van der Waals surface area contributed by atoms with Gasteiger partial charge in [0.25, 0.3) is 0 Å². The Kier molecular flexibility index (Phi) is 2.81. The molecule has 1 fully saturated rings. The second kappa shape index (κ2) is 3.90. The molecule has 0 amide bonds. The zero-order chi connectivity index (χ0) is 12.7. The fraction of sp³-hybridized carbons (Fsp3) is 0.400. The van der Waals surface area contributed by atoms with Gasteiger partial charge in [0.15, 0.2) is 0 Å². The molecule has 1 saturated carbocycles.